The second kappa shape index (κ2) is 8.38. The minimum absolute atomic E-state index is 0.0142. The van der Waals surface area contributed by atoms with Crippen LogP contribution in [0.2, 0.25) is 0 Å². The molecule has 0 atom stereocenters. The van der Waals surface area contributed by atoms with Crippen molar-refractivity contribution < 1.29 is 13.2 Å². The lowest BCUT2D eigenvalue weighted by molar-refractivity contribution is 0.128. The molecule has 8 heteroatoms. The summed E-state index contributed by atoms with van der Waals surface area (Å²) in [6.45, 7) is 5.32. The Morgan fingerprint density at radius 2 is 2.19 bits per heavy atom. The van der Waals surface area contributed by atoms with Gasteiger partial charge in [-0.2, -0.15) is 0 Å². The van der Waals surface area contributed by atoms with Crippen LogP contribution in [0.4, 0.5) is 0 Å². The van der Waals surface area contributed by atoms with Crippen molar-refractivity contribution in [3.8, 4) is 0 Å². The van der Waals surface area contributed by atoms with E-state index < -0.39 is 10.0 Å². The fourth-order valence-electron chi connectivity index (χ4n) is 1.54. The molecule has 0 spiro atoms. The van der Waals surface area contributed by atoms with Gasteiger partial charge in [0, 0.05) is 19.3 Å². The molecule has 0 unspecified atom stereocenters. The van der Waals surface area contributed by atoms with Crippen molar-refractivity contribution >= 4 is 27.2 Å². The Balaban J connectivity index is 2.57. The molecule has 0 aromatic carbocycles. The summed E-state index contributed by atoms with van der Waals surface area (Å²) in [6.07, 6.45) is 2.39. The summed E-state index contributed by atoms with van der Waals surface area (Å²) in [5.74, 6) is 0.560. The number of nitrogens with zero attached hydrogens (tertiary/aromatic N) is 1. The molecule has 0 aliphatic rings. The normalized spacial score (nSPS) is 11.8. The predicted octanol–water partition coefficient (Wildman–Crippen LogP) is 1.06. The molecule has 0 radical (unpaired) electrons. The Bertz CT molecular complexity index is 574. The first-order chi connectivity index (χ1) is 9.84. The summed E-state index contributed by atoms with van der Waals surface area (Å²) in [5.41, 5.74) is 5.58. The van der Waals surface area contributed by atoms with Crippen molar-refractivity contribution in [1.29, 1.82) is 0 Å². The summed E-state index contributed by atoms with van der Waals surface area (Å²) >= 11 is 4.81. The number of nitrogens with one attached hydrogen (secondary N) is 1. The molecular weight excluding hydrogens is 310 g/mol. The molecule has 6 nitrogen and oxygen atoms in total. The van der Waals surface area contributed by atoms with Crippen molar-refractivity contribution in [3.05, 3.63) is 24.0 Å². The average Bonchev–Trinajstić information content (AvgIpc) is 2.42. The van der Waals surface area contributed by atoms with Crippen molar-refractivity contribution in [2.45, 2.75) is 25.2 Å². The Morgan fingerprint density at radius 1 is 1.48 bits per heavy atom. The van der Waals surface area contributed by atoms with Gasteiger partial charge >= 0.3 is 0 Å². The summed E-state index contributed by atoms with van der Waals surface area (Å²) in [4.78, 5) is 3.84. The van der Waals surface area contributed by atoms with Crippen LogP contribution in [0.25, 0.3) is 0 Å². The van der Waals surface area contributed by atoms with Crippen molar-refractivity contribution in [1.82, 2.24) is 9.71 Å². The van der Waals surface area contributed by atoms with Crippen LogP contribution < -0.4 is 10.5 Å². The van der Waals surface area contributed by atoms with E-state index in [9.17, 15) is 8.42 Å². The van der Waals surface area contributed by atoms with Crippen LogP contribution in [0.1, 0.15) is 26.0 Å². The molecule has 0 aliphatic carbocycles. The van der Waals surface area contributed by atoms with Crippen LogP contribution in [0.5, 0.6) is 0 Å². The summed E-state index contributed by atoms with van der Waals surface area (Å²) in [6, 6.07) is 2.94. The number of aromatic nitrogens is 1. The molecule has 1 aromatic rings. The van der Waals surface area contributed by atoms with Gasteiger partial charge in [-0.15, -0.1) is 0 Å². The number of hydrogen-bond donors (Lipinski definition) is 2. The van der Waals surface area contributed by atoms with Crippen LogP contribution in [0, 0.1) is 5.92 Å². The molecule has 0 bridgehead atoms. The fraction of sp³-hybridized carbons (Fsp3) is 0.538. The van der Waals surface area contributed by atoms with Crippen molar-refractivity contribution in [3.63, 3.8) is 0 Å². The maximum Gasteiger partial charge on any atom is 0.242 e. The van der Waals surface area contributed by atoms with E-state index in [0.29, 0.717) is 19.1 Å². The van der Waals surface area contributed by atoms with Gasteiger partial charge in [-0.1, -0.05) is 26.1 Å². The highest BCUT2D eigenvalue weighted by molar-refractivity contribution is 7.89. The zero-order chi connectivity index (χ0) is 15.9. The van der Waals surface area contributed by atoms with Gasteiger partial charge in [0.05, 0.1) is 6.61 Å². The van der Waals surface area contributed by atoms with Gasteiger partial charge in [0.2, 0.25) is 10.0 Å². The first-order valence-corrected chi connectivity index (χ1v) is 8.56. The lowest BCUT2D eigenvalue weighted by Crippen LogP contribution is -2.30. The van der Waals surface area contributed by atoms with Gasteiger partial charge in [0.15, 0.2) is 0 Å². The Hall–Kier alpha value is -1.09. The number of nitrogens with two attached hydrogens (primary N) is 1. The van der Waals surface area contributed by atoms with Gasteiger partial charge < -0.3 is 10.5 Å². The summed E-state index contributed by atoms with van der Waals surface area (Å²) < 4.78 is 32.2. The second-order valence-corrected chi connectivity index (χ2v) is 7.08. The van der Waals surface area contributed by atoms with Gasteiger partial charge in [-0.3, -0.25) is 4.98 Å². The van der Waals surface area contributed by atoms with E-state index in [0.717, 1.165) is 6.42 Å². The molecule has 0 aliphatic heterocycles. The van der Waals surface area contributed by atoms with Crippen LogP contribution in [-0.4, -0.2) is 38.1 Å². The number of thiocarbonyl (C=S) groups is 1. The molecule has 1 heterocycles. The zero-order valence-corrected chi connectivity index (χ0v) is 13.8. The number of hydrogen-bond acceptors (Lipinski definition) is 5. The highest BCUT2D eigenvalue weighted by atomic mass is 32.2. The number of rotatable bonds is 9. The molecule has 0 saturated carbocycles. The summed E-state index contributed by atoms with van der Waals surface area (Å²) in [7, 11) is -3.70. The zero-order valence-electron chi connectivity index (χ0n) is 12.2. The molecule has 3 N–H and O–H groups in total. The van der Waals surface area contributed by atoms with Gasteiger partial charge in [0.25, 0.3) is 0 Å². The van der Waals surface area contributed by atoms with Gasteiger partial charge in [-0.05, 0) is 24.5 Å². The highest BCUT2D eigenvalue weighted by Crippen LogP contribution is 2.12. The number of ether oxygens (including phenoxy) is 1. The van der Waals surface area contributed by atoms with Crippen molar-refractivity contribution in [2.24, 2.45) is 11.7 Å². The number of pyridine rings is 1. The van der Waals surface area contributed by atoms with E-state index >= 15 is 0 Å². The minimum atomic E-state index is -3.70. The van der Waals surface area contributed by atoms with E-state index in [1.165, 1.54) is 18.3 Å². The lowest BCUT2D eigenvalue weighted by Gasteiger charge is -2.10. The van der Waals surface area contributed by atoms with Crippen LogP contribution in [0.3, 0.4) is 0 Å². The first kappa shape index (κ1) is 18.0. The van der Waals surface area contributed by atoms with Crippen LogP contribution in [-0.2, 0) is 14.8 Å². The molecule has 0 amide bonds. The van der Waals surface area contributed by atoms with Crippen LogP contribution >= 0.6 is 12.2 Å². The molecule has 0 fully saturated rings. The van der Waals surface area contributed by atoms with Gasteiger partial charge in [0.1, 0.15) is 15.6 Å². The smallest absolute Gasteiger partial charge is 0.242 e. The maximum absolute atomic E-state index is 12.2. The summed E-state index contributed by atoms with van der Waals surface area (Å²) in [5, 5.41) is 0. The van der Waals surface area contributed by atoms with Gasteiger partial charge in [-0.25, -0.2) is 13.1 Å². The topological polar surface area (TPSA) is 94.3 Å². The molecular formula is C13H21N3O3S2. The maximum atomic E-state index is 12.2. The van der Waals surface area contributed by atoms with E-state index in [1.807, 2.05) is 0 Å². The quantitative estimate of drug-likeness (QED) is 0.519. The third kappa shape index (κ3) is 6.04. The van der Waals surface area contributed by atoms with E-state index in [1.54, 1.807) is 0 Å². The Labute approximate surface area is 131 Å². The SMILES string of the molecule is CC(C)CCOCCNS(=O)(=O)c1cccnc1C(N)=S. The monoisotopic (exact) mass is 331 g/mol. The van der Waals surface area contributed by atoms with Crippen LogP contribution in [0.15, 0.2) is 23.2 Å². The number of sulfonamides is 1. The predicted molar refractivity (Wildman–Crippen MR) is 85.6 cm³/mol. The van der Waals surface area contributed by atoms with Crippen molar-refractivity contribution in [2.75, 3.05) is 19.8 Å². The van der Waals surface area contributed by atoms with E-state index in [4.69, 9.17) is 22.7 Å². The largest absolute Gasteiger partial charge is 0.388 e. The first-order valence-electron chi connectivity index (χ1n) is 6.67. The lowest BCUT2D eigenvalue weighted by atomic mass is 10.1. The third-order valence-electron chi connectivity index (χ3n) is 2.67. The molecule has 1 aromatic heterocycles. The average molecular weight is 331 g/mol. The van der Waals surface area contributed by atoms with E-state index in [2.05, 4.69) is 23.6 Å². The molecule has 118 valence electrons. The Morgan fingerprint density at radius 3 is 2.81 bits per heavy atom. The second-order valence-electron chi connectivity index (χ2n) is 4.91. The fourth-order valence-corrected chi connectivity index (χ4v) is 2.95. The molecule has 21 heavy (non-hydrogen) atoms. The standard InChI is InChI=1S/C13H21N3O3S2/c1-10(2)5-8-19-9-7-16-21(17,18)11-4-3-6-15-12(11)13(14)20/h3-4,6,10,16H,5,7-9H2,1-2H3,(H2,14,20). The molecule has 0 saturated heterocycles. The molecule has 1 rings (SSSR count). The third-order valence-corrected chi connectivity index (χ3v) is 4.36. The van der Waals surface area contributed by atoms with E-state index in [-0.39, 0.29) is 22.1 Å². The minimum Gasteiger partial charge on any atom is -0.388 e. The highest BCUT2D eigenvalue weighted by Gasteiger charge is 2.19. The Kier molecular flexibility index (Phi) is 7.16.